The molecule has 0 radical (unpaired) electrons. The van der Waals surface area contributed by atoms with Gasteiger partial charge < -0.3 is 15.4 Å². The second-order valence-electron chi connectivity index (χ2n) is 5.36. The molecule has 1 aromatic carbocycles. The van der Waals surface area contributed by atoms with Crippen molar-refractivity contribution in [3.8, 4) is 5.75 Å². The number of benzene rings is 1. The van der Waals surface area contributed by atoms with Gasteiger partial charge in [0.1, 0.15) is 12.4 Å². The van der Waals surface area contributed by atoms with Gasteiger partial charge in [0.2, 0.25) is 5.91 Å². The molecule has 2 rings (SSSR count). The molecular formula is C16H24N2O2. The molecule has 0 aliphatic carbocycles. The Morgan fingerprint density at radius 1 is 1.35 bits per heavy atom. The van der Waals surface area contributed by atoms with Crippen molar-refractivity contribution in [1.29, 1.82) is 0 Å². The fourth-order valence-corrected chi connectivity index (χ4v) is 2.39. The molecule has 1 fully saturated rings. The maximum absolute atomic E-state index is 11.8. The molecule has 1 unspecified atom stereocenters. The minimum absolute atomic E-state index is 0.108. The quantitative estimate of drug-likeness (QED) is 0.782. The minimum Gasteiger partial charge on any atom is -0.492 e. The molecule has 2 N–H and O–H groups in total. The Hall–Kier alpha value is -1.55. The average molecular weight is 276 g/mol. The predicted molar refractivity (Wildman–Crippen MR) is 79.9 cm³/mol. The van der Waals surface area contributed by atoms with E-state index < -0.39 is 0 Å². The van der Waals surface area contributed by atoms with Gasteiger partial charge in [-0.15, -0.1) is 0 Å². The van der Waals surface area contributed by atoms with Crippen molar-refractivity contribution in [2.45, 2.75) is 38.6 Å². The summed E-state index contributed by atoms with van der Waals surface area (Å²) in [6.45, 7) is 4.14. The lowest BCUT2D eigenvalue weighted by molar-refractivity contribution is -0.121. The maximum Gasteiger partial charge on any atom is 0.221 e. The van der Waals surface area contributed by atoms with E-state index in [1.165, 1.54) is 18.4 Å². The zero-order chi connectivity index (χ0) is 14.2. The van der Waals surface area contributed by atoms with Gasteiger partial charge in [0.05, 0.1) is 6.54 Å². The molecule has 1 atom stereocenters. The second kappa shape index (κ2) is 7.90. The van der Waals surface area contributed by atoms with Gasteiger partial charge in [-0.2, -0.15) is 0 Å². The molecule has 4 nitrogen and oxygen atoms in total. The summed E-state index contributed by atoms with van der Waals surface area (Å²) in [7, 11) is 0. The SMILES string of the molecule is Cc1ccc(OCCNC(=O)CC2CCCCN2)cc1. The fourth-order valence-electron chi connectivity index (χ4n) is 2.39. The average Bonchev–Trinajstić information content (AvgIpc) is 2.46. The van der Waals surface area contributed by atoms with Crippen molar-refractivity contribution in [2.24, 2.45) is 0 Å². The molecule has 0 bridgehead atoms. The van der Waals surface area contributed by atoms with Crippen LogP contribution >= 0.6 is 0 Å². The smallest absolute Gasteiger partial charge is 0.221 e. The molecule has 1 aliphatic rings. The number of ether oxygens (including phenoxy) is 1. The number of carbonyl (C=O) groups excluding carboxylic acids is 1. The molecule has 0 aromatic heterocycles. The number of rotatable bonds is 6. The highest BCUT2D eigenvalue weighted by molar-refractivity contribution is 5.76. The van der Waals surface area contributed by atoms with Gasteiger partial charge in [-0.3, -0.25) is 4.79 Å². The van der Waals surface area contributed by atoms with Crippen LogP contribution in [0.2, 0.25) is 0 Å². The molecule has 1 aromatic rings. The highest BCUT2D eigenvalue weighted by Gasteiger charge is 2.15. The lowest BCUT2D eigenvalue weighted by Gasteiger charge is -2.22. The van der Waals surface area contributed by atoms with E-state index in [2.05, 4.69) is 10.6 Å². The monoisotopic (exact) mass is 276 g/mol. The van der Waals surface area contributed by atoms with E-state index in [1.54, 1.807) is 0 Å². The normalized spacial score (nSPS) is 18.6. The molecule has 0 spiro atoms. The molecule has 1 saturated heterocycles. The Morgan fingerprint density at radius 2 is 2.15 bits per heavy atom. The van der Waals surface area contributed by atoms with Crippen molar-refractivity contribution in [1.82, 2.24) is 10.6 Å². The van der Waals surface area contributed by atoms with Crippen LogP contribution in [0.5, 0.6) is 5.75 Å². The van der Waals surface area contributed by atoms with Crippen LogP contribution in [-0.4, -0.2) is 31.6 Å². The third-order valence-corrected chi connectivity index (χ3v) is 3.56. The van der Waals surface area contributed by atoms with Crippen molar-refractivity contribution < 1.29 is 9.53 Å². The maximum atomic E-state index is 11.8. The zero-order valence-corrected chi connectivity index (χ0v) is 12.2. The van der Waals surface area contributed by atoms with Gasteiger partial charge in [0, 0.05) is 12.5 Å². The number of hydrogen-bond acceptors (Lipinski definition) is 3. The summed E-state index contributed by atoms with van der Waals surface area (Å²) < 4.78 is 5.57. The Morgan fingerprint density at radius 3 is 2.85 bits per heavy atom. The van der Waals surface area contributed by atoms with E-state index in [4.69, 9.17) is 4.74 Å². The highest BCUT2D eigenvalue weighted by atomic mass is 16.5. The van der Waals surface area contributed by atoms with E-state index in [9.17, 15) is 4.79 Å². The van der Waals surface area contributed by atoms with E-state index in [0.29, 0.717) is 25.6 Å². The van der Waals surface area contributed by atoms with Gasteiger partial charge in [-0.05, 0) is 38.4 Å². The lowest BCUT2D eigenvalue weighted by atomic mass is 10.0. The van der Waals surface area contributed by atoms with Crippen molar-refractivity contribution >= 4 is 5.91 Å². The van der Waals surface area contributed by atoms with Crippen LogP contribution in [0.25, 0.3) is 0 Å². The molecule has 20 heavy (non-hydrogen) atoms. The Labute approximate surface area is 120 Å². The standard InChI is InChI=1S/C16H24N2O2/c1-13-5-7-15(8-6-13)20-11-10-18-16(19)12-14-4-2-3-9-17-14/h5-8,14,17H,2-4,9-12H2,1H3,(H,18,19). The third-order valence-electron chi connectivity index (χ3n) is 3.56. The topological polar surface area (TPSA) is 50.4 Å². The summed E-state index contributed by atoms with van der Waals surface area (Å²) in [5.74, 6) is 0.954. The number of carbonyl (C=O) groups is 1. The molecule has 1 heterocycles. The molecule has 0 saturated carbocycles. The second-order valence-corrected chi connectivity index (χ2v) is 5.36. The summed E-state index contributed by atoms with van der Waals surface area (Å²) >= 11 is 0. The van der Waals surface area contributed by atoms with Gasteiger partial charge >= 0.3 is 0 Å². The largest absolute Gasteiger partial charge is 0.492 e. The number of nitrogens with one attached hydrogen (secondary N) is 2. The first-order valence-electron chi connectivity index (χ1n) is 7.43. The van der Waals surface area contributed by atoms with Gasteiger partial charge in [0.25, 0.3) is 0 Å². The van der Waals surface area contributed by atoms with Crippen LogP contribution in [0.3, 0.4) is 0 Å². The third kappa shape index (κ3) is 5.21. The summed E-state index contributed by atoms with van der Waals surface area (Å²) in [6.07, 6.45) is 4.13. The molecule has 1 aliphatic heterocycles. The van der Waals surface area contributed by atoms with E-state index in [-0.39, 0.29) is 5.91 Å². The van der Waals surface area contributed by atoms with Crippen LogP contribution in [0.15, 0.2) is 24.3 Å². The Bertz CT molecular complexity index is 411. The van der Waals surface area contributed by atoms with Gasteiger partial charge in [-0.25, -0.2) is 0 Å². The summed E-state index contributed by atoms with van der Waals surface area (Å²) in [4.78, 5) is 11.8. The number of aryl methyl sites for hydroxylation is 1. The predicted octanol–water partition coefficient (Wildman–Crippen LogP) is 2.02. The number of hydrogen-bond donors (Lipinski definition) is 2. The van der Waals surface area contributed by atoms with Crippen LogP contribution in [0.4, 0.5) is 0 Å². The first-order valence-corrected chi connectivity index (χ1v) is 7.43. The first-order chi connectivity index (χ1) is 9.74. The van der Waals surface area contributed by atoms with Gasteiger partial charge in [-0.1, -0.05) is 24.1 Å². The van der Waals surface area contributed by atoms with Gasteiger partial charge in [0.15, 0.2) is 0 Å². The van der Waals surface area contributed by atoms with E-state index in [0.717, 1.165) is 18.7 Å². The van der Waals surface area contributed by atoms with E-state index >= 15 is 0 Å². The summed E-state index contributed by atoms with van der Waals surface area (Å²) in [5.41, 5.74) is 1.21. The Kier molecular flexibility index (Phi) is 5.87. The Balaban J connectivity index is 1.58. The fraction of sp³-hybridized carbons (Fsp3) is 0.562. The molecular weight excluding hydrogens is 252 g/mol. The molecule has 110 valence electrons. The van der Waals surface area contributed by atoms with Crippen LogP contribution in [0, 0.1) is 6.92 Å². The summed E-state index contributed by atoms with van der Waals surface area (Å²) in [6, 6.07) is 8.28. The number of amides is 1. The minimum atomic E-state index is 0.108. The molecule has 4 heteroatoms. The van der Waals surface area contributed by atoms with Crippen molar-refractivity contribution in [3.63, 3.8) is 0 Å². The molecule has 1 amide bonds. The van der Waals surface area contributed by atoms with E-state index in [1.807, 2.05) is 31.2 Å². The lowest BCUT2D eigenvalue weighted by Crippen LogP contribution is -2.39. The van der Waals surface area contributed by atoms with Crippen LogP contribution < -0.4 is 15.4 Å². The first kappa shape index (κ1) is 14.9. The zero-order valence-electron chi connectivity index (χ0n) is 12.2. The summed E-state index contributed by atoms with van der Waals surface area (Å²) in [5, 5.41) is 6.29. The highest BCUT2D eigenvalue weighted by Crippen LogP contribution is 2.11. The van der Waals surface area contributed by atoms with Crippen molar-refractivity contribution in [2.75, 3.05) is 19.7 Å². The number of piperidine rings is 1. The van der Waals surface area contributed by atoms with Crippen molar-refractivity contribution in [3.05, 3.63) is 29.8 Å². The van der Waals surface area contributed by atoms with Crippen LogP contribution in [-0.2, 0) is 4.79 Å². The van der Waals surface area contributed by atoms with Crippen LogP contribution in [0.1, 0.15) is 31.2 Å².